The van der Waals surface area contributed by atoms with E-state index in [0.717, 1.165) is 28.3 Å². The van der Waals surface area contributed by atoms with Crippen LogP contribution in [0.1, 0.15) is 55.0 Å². The maximum atomic E-state index is 12.4. The lowest BCUT2D eigenvalue weighted by Gasteiger charge is -2.18. The van der Waals surface area contributed by atoms with Gasteiger partial charge in [-0.15, -0.1) is 0 Å². The van der Waals surface area contributed by atoms with Crippen molar-refractivity contribution in [3.63, 3.8) is 0 Å². The molecule has 0 aliphatic carbocycles. The number of nitrogens with one attached hydrogen (secondary N) is 1. The average molecular weight is 401 g/mol. The number of hydrogen-bond acceptors (Lipinski definition) is 5. The summed E-state index contributed by atoms with van der Waals surface area (Å²) in [6, 6.07) is 1.91. The summed E-state index contributed by atoms with van der Waals surface area (Å²) in [5.74, 6) is 0.572. The van der Waals surface area contributed by atoms with Gasteiger partial charge in [0.1, 0.15) is 0 Å². The Morgan fingerprint density at radius 1 is 1.07 bits per heavy atom. The van der Waals surface area contributed by atoms with Crippen LogP contribution in [-0.4, -0.2) is 56.1 Å². The van der Waals surface area contributed by atoms with Gasteiger partial charge in [-0.05, 0) is 54.0 Å². The van der Waals surface area contributed by atoms with E-state index in [0.29, 0.717) is 38.4 Å². The summed E-state index contributed by atoms with van der Waals surface area (Å²) in [4.78, 5) is 35.1. The Hall–Kier alpha value is -2.77. The summed E-state index contributed by atoms with van der Waals surface area (Å²) >= 11 is 0. The summed E-state index contributed by atoms with van der Waals surface area (Å²) < 4.78 is 1.70. The number of hydrogen-bond donors (Lipinski definition) is 1. The van der Waals surface area contributed by atoms with E-state index in [1.165, 1.54) is 0 Å². The zero-order valence-corrected chi connectivity index (χ0v) is 18.4. The van der Waals surface area contributed by atoms with Crippen LogP contribution >= 0.6 is 0 Å². The molecule has 2 aromatic rings. The van der Waals surface area contributed by atoms with Crippen molar-refractivity contribution >= 4 is 11.8 Å². The van der Waals surface area contributed by atoms with Crippen LogP contribution in [0.4, 0.5) is 0 Å². The van der Waals surface area contributed by atoms with Gasteiger partial charge in [0.05, 0.1) is 12.1 Å². The number of carbonyl (C=O) groups is 2. The van der Waals surface area contributed by atoms with Gasteiger partial charge in [-0.3, -0.25) is 9.59 Å². The molecule has 0 aliphatic rings. The molecule has 0 fully saturated rings. The van der Waals surface area contributed by atoms with Crippen molar-refractivity contribution in [1.82, 2.24) is 30.0 Å². The zero-order valence-electron chi connectivity index (χ0n) is 18.4. The lowest BCUT2D eigenvalue weighted by molar-refractivity contribution is -0.131. The van der Waals surface area contributed by atoms with Crippen LogP contribution in [0.15, 0.2) is 6.07 Å². The predicted molar refractivity (Wildman–Crippen MR) is 112 cm³/mol. The Balaban J connectivity index is 1.96. The fourth-order valence-corrected chi connectivity index (χ4v) is 3.35. The molecule has 8 heteroatoms. The zero-order chi connectivity index (χ0) is 21.6. The second-order valence-electron chi connectivity index (χ2n) is 7.21. The Morgan fingerprint density at radius 3 is 2.28 bits per heavy atom. The molecule has 2 amide bonds. The Kier molecular flexibility index (Phi) is 7.87. The number of nitrogens with zero attached hydrogens (tertiary/aromatic N) is 5. The van der Waals surface area contributed by atoms with Gasteiger partial charge in [0.15, 0.2) is 0 Å². The number of carbonyl (C=O) groups excluding carboxylic acids is 2. The molecule has 0 spiro atoms. The summed E-state index contributed by atoms with van der Waals surface area (Å²) in [6.07, 6.45) is 1.32. The molecule has 158 valence electrons. The third-order valence-electron chi connectivity index (χ3n) is 4.94. The second kappa shape index (κ2) is 10.1. The predicted octanol–water partition coefficient (Wildman–Crippen LogP) is 2.20. The van der Waals surface area contributed by atoms with Gasteiger partial charge in [-0.1, -0.05) is 0 Å². The van der Waals surface area contributed by atoms with Crippen LogP contribution in [0.2, 0.25) is 0 Å². The summed E-state index contributed by atoms with van der Waals surface area (Å²) in [7, 11) is 0. The van der Waals surface area contributed by atoms with Crippen molar-refractivity contribution in [2.75, 3.05) is 19.6 Å². The van der Waals surface area contributed by atoms with Crippen LogP contribution in [0, 0.1) is 27.7 Å². The number of aromatic nitrogens is 4. The average Bonchev–Trinajstić information content (AvgIpc) is 2.93. The fourth-order valence-electron chi connectivity index (χ4n) is 3.35. The van der Waals surface area contributed by atoms with Crippen LogP contribution in [-0.2, 0) is 16.0 Å². The summed E-state index contributed by atoms with van der Waals surface area (Å²) in [5.41, 5.74) is 4.28. The normalized spacial score (nSPS) is 10.8. The van der Waals surface area contributed by atoms with E-state index in [1.807, 2.05) is 47.6 Å². The third-order valence-corrected chi connectivity index (χ3v) is 4.94. The monoisotopic (exact) mass is 400 g/mol. The minimum Gasteiger partial charge on any atom is -0.356 e. The molecule has 2 heterocycles. The van der Waals surface area contributed by atoms with Gasteiger partial charge in [0.2, 0.25) is 11.8 Å². The highest BCUT2D eigenvalue weighted by Crippen LogP contribution is 2.17. The standard InChI is InChI=1S/C21H32N6O2/c1-7-26(8-2)20(29)10-9-11-22-19(28)13-18-16(5)25-27(17(18)6)21-23-14(3)12-15(4)24-21/h12H,7-11,13H2,1-6H3,(H,22,28). The van der Waals surface area contributed by atoms with Gasteiger partial charge in [-0.2, -0.15) is 5.10 Å². The van der Waals surface area contributed by atoms with E-state index < -0.39 is 0 Å². The van der Waals surface area contributed by atoms with E-state index in [-0.39, 0.29) is 18.2 Å². The summed E-state index contributed by atoms with van der Waals surface area (Å²) in [5, 5.41) is 7.44. The van der Waals surface area contributed by atoms with Gasteiger partial charge in [-0.25, -0.2) is 14.6 Å². The molecule has 0 atom stereocenters. The minimum atomic E-state index is -0.0765. The van der Waals surface area contributed by atoms with Crippen molar-refractivity contribution < 1.29 is 9.59 Å². The molecular formula is C21H32N6O2. The molecule has 0 aromatic carbocycles. The van der Waals surface area contributed by atoms with Gasteiger partial charge in [0.25, 0.3) is 5.95 Å². The second-order valence-corrected chi connectivity index (χ2v) is 7.21. The van der Waals surface area contributed by atoms with Crippen LogP contribution in [0.3, 0.4) is 0 Å². The van der Waals surface area contributed by atoms with E-state index in [9.17, 15) is 9.59 Å². The quantitative estimate of drug-likeness (QED) is 0.652. The molecule has 0 radical (unpaired) electrons. The lowest BCUT2D eigenvalue weighted by atomic mass is 10.1. The van der Waals surface area contributed by atoms with Crippen molar-refractivity contribution in [3.8, 4) is 5.95 Å². The van der Waals surface area contributed by atoms with E-state index in [2.05, 4.69) is 20.4 Å². The first-order valence-corrected chi connectivity index (χ1v) is 10.2. The van der Waals surface area contributed by atoms with Gasteiger partial charge in [0, 0.05) is 48.7 Å². The minimum absolute atomic E-state index is 0.0765. The van der Waals surface area contributed by atoms with Gasteiger partial charge < -0.3 is 10.2 Å². The van der Waals surface area contributed by atoms with E-state index in [1.54, 1.807) is 9.58 Å². The van der Waals surface area contributed by atoms with Crippen molar-refractivity contribution in [3.05, 3.63) is 34.4 Å². The number of aryl methyl sites for hydroxylation is 3. The first-order valence-electron chi connectivity index (χ1n) is 10.2. The molecule has 0 saturated carbocycles. The molecule has 8 nitrogen and oxygen atoms in total. The molecule has 2 rings (SSSR count). The molecule has 0 bridgehead atoms. The third kappa shape index (κ3) is 5.85. The molecule has 0 unspecified atom stereocenters. The molecule has 0 aliphatic heterocycles. The lowest BCUT2D eigenvalue weighted by Crippen LogP contribution is -2.32. The molecule has 2 aromatic heterocycles. The fraction of sp³-hybridized carbons (Fsp3) is 0.571. The Morgan fingerprint density at radius 2 is 1.69 bits per heavy atom. The number of amides is 2. The first kappa shape index (κ1) is 22.5. The Bertz CT molecular complexity index is 850. The highest BCUT2D eigenvalue weighted by molar-refractivity contribution is 5.79. The SMILES string of the molecule is CCN(CC)C(=O)CCCNC(=O)Cc1c(C)nn(-c2nc(C)cc(C)n2)c1C. The topological polar surface area (TPSA) is 93.0 Å². The summed E-state index contributed by atoms with van der Waals surface area (Å²) in [6.45, 7) is 13.5. The molecular weight excluding hydrogens is 368 g/mol. The van der Waals surface area contributed by atoms with Crippen LogP contribution in [0.25, 0.3) is 5.95 Å². The van der Waals surface area contributed by atoms with Crippen molar-refractivity contribution in [1.29, 1.82) is 0 Å². The van der Waals surface area contributed by atoms with Crippen LogP contribution in [0.5, 0.6) is 0 Å². The van der Waals surface area contributed by atoms with E-state index >= 15 is 0 Å². The van der Waals surface area contributed by atoms with Gasteiger partial charge >= 0.3 is 0 Å². The van der Waals surface area contributed by atoms with Crippen molar-refractivity contribution in [2.45, 2.75) is 60.8 Å². The Labute approximate surface area is 172 Å². The largest absolute Gasteiger partial charge is 0.356 e. The molecule has 0 saturated heterocycles. The smallest absolute Gasteiger partial charge is 0.251 e. The van der Waals surface area contributed by atoms with Crippen molar-refractivity contribution in [2.24, 2.45) is 0 Å². The van der Waals surface area contributed by atoms with Crippen LogP contribution < -0.4 is 5.32 Å². The highest BCUT2D eigenvalue weighted by atomic mass is 16.2. The van der Waals surface area contributed by atoms with E-state index in [4.69, 9.17) is 0 Å². The molecule has 1 N–H and O–H groups in total. The maximum absolute atomic E-state index is 12.4. The maximum Gasteiger partial charge on any atom is 0.251 e. The highest BCUT2D eigenvalue weighted by Gasteiger charge is 2.17. The first-order chi connectivity index (χ1) is 13.8. The number of rotatable bonds is 9. The molecule has 29 heavy (non-hydrogen) atoms.